The molecule has 0 unspecified atom stereocenters. The van der Waals surface area contributed by atoms with Gasteiger partial charge in [0.25, 0.3) is 5.91 Å². The Morgan fingerprint density at radius 1 is 0.970 bits per heavy atom. The molecule has 0 spiro atoms. The molecule has 0 atom stereocenters. The lowest BCUT2D eigenvalue weighted by atomic mass is 9.94. The van der Waals surface area contributed by atoms with Gasteiger partial charge in [-0.05, 0) is 79.4 Å². The van der Waals surface area contributed by atoms with Crippen LogP contribution < -0.4 is 4.74 Å². The molecular formula is C27H33N3O2S. The van der Waals surface area contributed by atoms with Crippen LogP contribution in [-0.4, -0.2) is 39.7 Å². The Hall–Kier alpha value is -2.47. The first kappa shape index (κ1) is 22.3. The number of hydrogen-bond acceptors (Lipinski definition) is 4. The van der Waals surface area contributed by atoms with Gasteiger partial charge in [0.15, 0.2) is 5.17 Å². The number of amides is 1. The number of ether oxygens (including phenoxy) is 1. The average molecular weight is 464 g/mol. The molecule has 33 heavy (non-hydrogen) atoms. The SMILES string of the molecule is COc1ccc(-n2ccc(/C=C3/SC(=NC4CCCCC4)N(C4CCCCC4)C3=O)c2)cc1. The van der Waals surface area contributed by atoms with Crippen molar-refractivity contribution < 1.29 is 9.53 Å². The summed E-state index contributed by atoms with van der Waals surface area (Å²) < 4.78 is 7.34. The zero-order chi connectivity index (χ0) is 22.6. The van der Waals surface area contributed by atoms with Gasteiger partial charge in [-0.1, -0.05) is 38.5 Å². The molecule has 5 rings (SSSR count). The van der Waals surface area contributed by atoms with E-state index in [1.807, 2.05) is 41.4 Å². The maximum absolute atomic E-state index is 13.5. The minimum Gasteiger partial charge on any atom is -0.497 e. The van der Waals surface area contributed by atoms with Crippen LogP contribution in [0.1, 0.15) is 69.8 Å². The number of carbonyl (C=O) groups excluding carboxylic acids is 1. The van der Waals surface area contributed by atoms with Gasteiger partial charge in [-0.25, -0.2) is 0 Å². The largest absolute Gasteiger partial charge is 0.497 e. The monoisotopic (exact) mass is 463 g/mol. The number of benzene rings is 1. The molecular weight excluding hydrogens is 430 g/mol. The van der Waals surface area contributed by atoms with E-state index in [1.165, 1.54) is 38.5 Å². The van der Waals surface area contributed by atoms with Crippen LogP contribution >= 0.6 is 11.8 Å². The second-order valence-corrected chi connectivity index (χ2v) is 10.3. The normalized spacial score (nSPS) is 23.1. The topological polar surface area (TPSA) is 46.8 Å². The van der Waals surface area contributed by atoms with E-state index < -0.39 is 0 Å². The Kier molecular flexibility index (Phi) is 6.91. The van der Waals surface area contributed by atoms with Crippen molar-refractivity contribution in [2.45, 2.75) is 76.3 Å². The molecule has 1 aliphatic heterocycles. The maximum atomic E-state index is 13.5. The van der Waals surface area contributed by atoms with Crippen LogP contribution in [-0.2, 0) is 4.79 Å². The Labute approximate surface area is 200 Å². The fraction of sp³-hybridized carbons (Fsp3) is 0.481. The highest BCUT2D eigenvalue weighted by Crippen LogP contribution is 2.38. The molecule has 0 radical (unpaired) electrons. The molecule has 2 aliphatic carbocycles. The summed E-state index contributed by atoms with van der Waals surface area (Å²) in [6.45, 7) is 0. The molecule has 1 saturated heterocycles. The van der Waals surface area contributed by atoms with Crippen LogP contribution in [0, 0.1) is 0 Å². The van der Waals surface area contributed by atoms with Gasteiger partial charge in [-0.15, -0.1) is 0 Å². The fourth-order valence-corrected chi connectivity index (χ4v) is 6.28. The van der Waals surface area contributed by atoms with Crippen LogP contribution in [0.15, 0.2) is 52.6 Å². The summed E-state index contributed by atoms with van der Waals surface area (Å²) >= 11 is 1.58. The molecule has 2 aromatic rings. The maximum Gasteiger partial charge on any atom is 0.267 e. The molecule has 6 heteroatoms. The van der Waals surface area contributed by atoms with Gasteiger partial charge in [0.2, 0.25) is 0 Å². The molecule has 3 aliphatic rings. The number of aromatic nitrogens is 1. The first-order chi connectivity index (χ1) is 16.2. The first-order valence-corrected chi connectivity index (χ1v) is 13.2. The highest BCUT2D eigenvalue weighted by atomic mass is 32.2. The molecule has 5 nitrogen and oxygen atoms in total. The second-order valence-electron chi connectivity index (χ2n) is 9.33. The number of amidine groups is 1. The van der Waals surface area contributed by atoms with Gasteiger partial charge >= 0.3 is 0 Å². The third-order valence-electron chi connectivity index (χ3n) is 7.03. The fourth-order valence-electron chi connectivity index (χ4n) is 5.17. The summed E-state index contributed by atoms with van der Waals surface area (Å²) in [5.41, 5.74) is 2.10. The van der Waals surface area contributed by atoms with Gasteiger partial charge in [0, 0.05) is 24.1 Å². The number of aliphatic imine (C=N–C) groups is 1. The molecule has 1 aromatic heterocycles. The number of nitrogens with zero attached hydrogens (tertiary/aromatic N) is 3. The van der Waals surface area contributed by atoms with E-state index in [2.05, 4.69) is 16.8 Å². The quantitative estimate of drug-likeness (QED) is 0.481. The Morgan fingerprint density at radius 3 is 2.36 bits per heavy atom. The zero-order valence-electron chi connectivity index (χ0n) is 19.4. The minimum atomic E-state index is 0.138. The van der Waals surface area contributed by atoms with E-state index in [9.17, 15) is 4.79 Å². The van der Waals surface area contributed by atoms with Crippen molar-refractivity contribution in [1.82, 2.24) is 9.47 Å². The van der Waals surface area contributed by atoms with Crippen LogP contribution in [0.5, 0.6) is 5.75 Å². The number of hydrogen-bond donors (Lipinski definition) is 0. The number of methoxy groups -OCH3 is 1. The highest BCUT2D eigenvalue weighted by Gasteiger charge is 2.39. The van der Waals surface area contributed by atoms with E-state index in [-0.39, 0.29) is 5.91 Å². The molecule has 0 N–H and O–H groups in total. The van der Waals surface area contributed by atoms with Gasteiger partial charge in [-0.3, -0.25) is 14.7 Å². The van der Waals surface area contributed by atoms with Crippen LogP contribution in [0.3, 0.4) is 0 Å². The van der Waals surface area contributed by atoms with E-state index in [1.54, 1.807) is 18.9 Å². The summed E-state index contributed by atoms with van der Waals surface area (Å²) in [7, 11) is 1.67. The van der Waals surface area contributed by atoms with E-state index in [0.29, 0.717) is 12.1 Å². The summed E-state index contributed by atoms with van der Waals surface area (Å²) in [5.74, 6) is 0.979. The second kappa shape index (κ2) is 10.2. The third-order valence-corrected chi connectivity index (χ3v) is 8.03. The summed E-state index contributed by atoms with van der Waals surface area (Å²) in [4.78, 5) is 21.5. The lowest BCUT2D eigenvalue weighted by molar-refractivity contribution is -0.124. The molecule has 2 saturated carbocycles. The zero-order valence-corrected chi connectivity index (χ0v) is 20.2. The number of rotatable bonds is 5. The molecule has 1 aromatic carbocycles. The molecule has 0 bridgehead atoms. The van der Waals surface area contributed by atoms with Crippen LogP contribution in [0.2, 0.25) is 0 Å². The van der Waals surface area contributed by atoms with Crippen molar-refractivity contribution in [1.29, 1.82) is 0 Å². The van der Waals surface area contributed by atoms with E-state index in [0.717, 1.165) is 52.8 Å². The Balaban J connectivity index is 1.39. The van der Waals surface area contributed by atoms with Crippen molar-refractivity contribution in [2.24, 2.45) is 4.99 Å². The van der Waals surface area contributed by atoms with Gasteiger partial charge in [0.1, 0.15) is 5.75 Å². The minimum absolute atomic E-state index is 0.138. The molecule has 3 fully saturated rings. The van der Waals surface area contributed by atoms with Gasteiger partial charge in [-0.2, -0.15) is 0 Å². The van der Waals surface area contributed by atoms with Crippen molar-refractivity contribution >= 4 is 28.9 Å². The average Bonchev–Trinajstić information content (AvgIpc) is 3.45. The molecule has 174 valence electrons. The summed E-state index contributed by atoms with van der Waals surface area (Å²) in [6, 6.07) is 10.7. The molecule has 2 heterocycles. The number of thioether (sulfide) groups is 1. The predicted octanol–water partition coefficient (Wildman–Crippen LogP) is 6.42. The van der Waals surface area contributed by atoms with Crippen molar-refractivity contribution in [3.8, 4) is 11.4 Å². The van der Waals surface area contributed by atoms with E-state index in [4.69, 9.17) is 9.73 Å². The lowest BCUT2D eigenvalue weighted by Gasteiger charge is -2.31. The summed E-state index contributed by atoms with van der Waals surface area (Å²) in [6.07, 6.45) is 18.2. The Bertz CT molecular complexity index is 1030. The van der Waals surface area contributed by atoms with Crippen LogP contribution in [0.4, 0.5) is 0 Å². The lowest BCUT2D eigenvalue weighted by Crippen LogP contribution is -2.41. The number of carbonyl (C=O) groups is 1. The standard InChI is InChI=1S/C27H33N3O2S/c1-32-24-14-12-22(13-15-24)29-17-16-20(19-29)18-25-26(31)30(23-10-6-3-7-11-23)27(33-25)28-21-8-4-2-5-9-21/h12-19,21,23H,2-11H2,1H3/b25-18+,28-27?. The predicted molar refractivity (Wildman–Crippen MR) is 136 cm³/mol. The third kappa shape index (κ3) is 5.06. The van der Waals surface area contributed by atoms with Crippen molar-refractivity contribution in [3.63, 3.8) is 0 Å². The highest BCUT2D eigenvalue weighted by molar-refractivity contribution is 8.18. The first-order valence-electron chi connectivity index (χ1n) is 12.3. The van der Waals surface area contributed by atoms with Gasteiger partial charge in [0.05, 0.1) is 18.1 Å². The van der Waals surface area contributed by atoms with Crippen LogP contribution in [0.25, 0.3) is 11.8 Å². The van der Waals surface area contributed by atoms with Gasteiger partial charge < -0.3 is 9.30 Å². The van der Waals surface area contributed by atoms with E-state index >= 15 is 0 Å². The Morgan fingerprint density at radius 2 is 1.67 bits per heavy atom. The smallest absolute Gasteiger partial charge is 0.267 e. The van der Waals surface area contributed by atoms with Crippen molar-refractivity contribution in [3.05, 3.63) is 53.2 Å². The van der Waals surface area contributed by atoms with Crippen molar-refractivity contribution in [2.75, 3.05) is 7.11 Å². The summed E-state index contributed by atoms with van der Waals surface area (Å²) in [5, 5.41) is 0.944. The molecule has 1 amide bonds.